The van der Waals surface area contributed by atoms with Crippen LogP contribution in [0.5, 0.6) is 0 Å². The van der Waals surface area contributed by atoms with E-state index >= 15 is 0 Å². The Morgan fingerprint density at radius 3 is 2.70 bits per heavy atom. The van der Waals surface area contributed by atoms with Gasteiger partial charge in [0.2, 0.25) is 0 Å². The lowest BCUT2D eigenvalue weighted by Gasteiger charge is -2.29. The highest BCUT2D eigenvalue weighted by Gasteiger charge is 2.13. The van der Waals surface area contributed by atoms with Crippen molar-refractivity contribution in [2.45, 2.75) is 25.8 Å². The predicted molar refractivity (Wildman–Crippen MR) is 83.6 cm³/mol. The Bertz CT molecular complexity index is 548. The molecule has 2 heterocycles. The fourth-order valence-electron chi connectivity index (χ4n) is 2.61. The van der Waals surface area contributed by atoms with Gasteiger partial charge in [0, 0.05) is 18.8 Å². The van der Waals surface area contributed by atoms with Crippen molar-refractivity contribution in [3.05, 3.63) is 47.4 Å². The van der Waals surface area contributed by atoms with Gasteiger partial charge in [0.25, 0.3) is 0 Å². The van der Waals surface area contributed by atoms with E-state index in [0.29, 0.717) is 6.54 Å². The first-order chi connectivity index (χ1) is 9.83. The van der Waals surface area contributed by atoms with E-state index in [1.165, 1.54) is 19.3 Å². The average Bonchev–Trinajstić information content (AvgIpc) is 2.99. The molecule has 1 aromatic heterocycles. The maximum atomic E-state index is 6.42. The Morgan fingerprint density at radius 2 is 2.00 bits per heavy atom. The number of benzene rings is 1. The van der Waals surface area contributed by atoms with Crippen molar-refractivity contribution < 1.29 is 4.42 Å². The van der Waals surface area contributed by atoms with Crippen LogP contribution in [0.25, 0.3) is 0 Å². The summed E-state index contributed by atoms with van der Waals surface area (Å²) >= 11 is 6.42. The van der Waals surface area contributed by atoms with E-state index in [1.54, 1.807) is 6.26 Å². The maximum Gasteiger partial charge on any atom is 0.122 e. The fourth-order valence-corrected chi connectivity index (χ4v) is 2.91. The molecule has 0 radical (unpaired) electrons. The molecule has 1 fully saturated rings. The molecule has 3 nitrogen and oxygen atoms in total. The SMILES string of the molecule is Clc1cc(NCc2ccco2)ccc1N1CCCCC1. The summed E-state index contributed by atoms with van der Waals surface area (Å²) in [7, 11) is 0. The first-order valence-corrected chi connectivity index (χ1v) is 7.51. The van der Waals surface area contributed by atoms with Crippen LogP contribution < -0.4 is 10.2 Å². The number of hydrogen-bond acceptors (Lipinski definition) is 3. The highest BCUT2D eigenvalue weighted by atomic mass is 35.5. The van der Waals surface area contributed by atoms with E-state index in [2.05, 4.69) is 22.3 Å². The van der Waals surface area contributed by atoms with Crippen molar-refractivity contribution in [1.29, 1.82) is 0 Å². The van der Waals surface area contributed by atoms with Gasteiger partial charge in [-0.25, -0.2) is 0 Å². The van der Waals surface area contributed by atoms with Crippen molar-refractivity contribution in [3.63, 3.8) is 0 Å². The lowest BCUT2D eigenvalue weighted by Crippen LogP contribution is -2.29. The van der Waals surface area contributed by atoms with Gasteiger partial charge in [-0.15, -0.1) is 0 Å². The molecule has 4 heteroatoms. The molecule has 0 saturated carbocycles. The number of furan rings is 1. The highest BCUT2D eigenvalue weighted by Crippen LogP contribution is 2.30. The molecule has 3 rings (SSSR count). The summed E-state index contributed by atoms with van der Waals surface area (Å²) in [4.78, 5) is 2.38. The molecule has 1 aliphatic heterocycles. The number of nitrogens with zero attached hydrogens (tertiary/aromatic N) is 1. The van der Waals surface area contributed by atoms with Crippen LogP contribution in [0.1, 0.15) is 25.0 Å². The Morgan fingerprint density at radius 1 is 1.15 bits per heavy atom. The molecule has 0 amide bonds. The molecular formula is C16H19ClN2O. The van der Waals surface area contributed by atoms with Crippen molar-refractivity contribution in [3.8, 4) is 0 Å². The molecule has 0 aliphatic carbocycles. The van der Waals surface area contributed by atoms with Crippen molar-refractivity contribution >= 4 is 23.0 Å². The molecule has 0 spiro atoms. The minimum absolute atomic E-state index is 0.673. The molecule has 1 N–H and O–H groups in total. The largest absolute Gasteiger partial charge is 0.467 e. The standard InChI is InChI=1S/C16H19ClN2O/c17-15-11-13(18-12-14-5-4-10-20-14)6-7-16(15)19-8-2-1-3-9-19/h4-7,10-11,18H,1-3,8-9,12H2. The van der Waals surface area contributed by atoms with Crippen LogP contribution in [-0.2, 0) is 6.54 Å². The van der Waals surface area contributed by atoms with Crippen LogP contribution in [0.4, 0.5) is 11.4 Å². The lowest BCUT2D eigenvalue weighted by molar-refractivity contribution is 0.518. The summed E-state index contributed by atoms with van der Waals surface area (Å²) in [5.41, 5.74) is 2.17. The number of anilines is 2. The summed E-state index contributed by atoms with van der Waals surface area (Å²) < 4.78 is 5.30. The Kier molecular flexibility index (Phi) is 4.16. The monoisotopic (exact) mass is 290 g/mol. The van der Waals surface area contributed by atoms with E-state index < -0.39 is 0 Å². The summed E-state index contributed by atoms with van der Waals surface area (Å²) in [6, 6.07) is 10.0. The van der Waals surface area contributed by atoms with Gasteiger partial charge >= 0.3 is 0 Å². The molecule has 0 unspecified atom stereocenters. The molecule has 0 bridgehead atoms. The summed E-state index contributed by atoms with van der Waals surface area (Å²) in [5.74, 6) is 0.918. The van der Waals surface area contributed by atoms with Crippen LogP contribution in [0.3, 0.4) is 0 Å². The Balaban J connectivity index is 1.67. The van der Waals surface area contributed by atoms with Crippen LogP contribution in [-0.4, -0.2) is 13.1 Å². The normalized spacial score (nSPS) is 15.3. The number of rotatable bonds is 4. The third-order valence-electron chi connectivity index (χ3n) is 3.69. The summed E-state index contributed by atoms with van der Waals surface area (Å²) in [5, 5.41) is 4.14. The van der Waals surface area contributed by atoms with Crippen LogP contribution in [0.15, 0.2) is 41.0 Å². The zero-order valence-corrected chi connectivity index (χ0v) is 12.2. The first-order valence-electron chi connectivity index (χ1n) is 7.14. The van der Waals surface area contributed by atoms with Crippen LogP contribution in [0, 0.1) is 0 Å². The lowest BCUT2D eigenvalue weighted by atomic mass is 10.1. The summed E-state index contributed by atoms with van der Waals surface area (Å²) in [6.07, 6.45) is 5.53. The molecule has 1 aliphatic rings. The molecule has 1 aromatic carbocycles. The van der Waals surface area contributed by atoms with Gasteiger partial charge in [-0.2, -0.15) is 0 Å². The van der Waals surface area contributed by atoms with Crippen LogP contribution in [0.2, 0.25) is 5.02 Å². The quantitative estimate of drug-likeness (QED) is 0.896. The second-order valence-electron chi connectivity index (χ2n) is 5.15. The second-order valence-corrected chi connectivity index (χ2v) is 5.55. The average molecular weight is 291 g/mol. The van der Waals surface area contributed by atoms with Gasteiger partial charge in [-0.1, -0.05) is 11.6 Å². The number of nitrogens with one attached hydrogen (secondary N) is 1. The van der Waals surface area contributed by atoms with E-state index in [9.17, 15) is 0 Å². The van der Waals surface area contributed by atoms with Crippen molar-refractivity contribution in [1.82, 2.24) is 0 Å². The smallest absolute Gasteiger partial charge is 0.122 e. The van der Waals surface area contributed by atoms with Gasteiger partial charge in [0.1, 0.15) is 5.76 Å². The van der Waals surface area contributed by atoms with E-state index in [4.69, 9.17) is 16.0 Å². The van der Waals surface area contributed by atoms with Gasteiger partial charge in [-0.05, 0) is 49.6 Å². The Labute approximate surface area is 124 Å². The molecule has 2 aromatic rings. The van der Waals surface area contributed by atoms with Gasteiger partial charge in [0.15, 0.2) is 0 Å². The van der Waals surface area contributed by atoms with E-state index in [1.807, 2.05) is 18.2 Å². The van der Waals surface area contributed by atoms with Crippen molar-refractivity contribution in [2.24, 2.45) is 0 Å². The Hall–Kier alpha value is -1.61. The van der Waals surface area contributed by atoms with Crippen molar-refractivity contribution in [2.75, 3.05) is 23.3 Å². The van der Waals surface area contributed by atoms with Gasteiger partial charge in [0.05, 0.1) is 23.5 Å². The van der Waals surface area contributed by atoms with E-state index in [-0.39, 0.29) is 0 Å². The molecule has 106 valence electrons. The number of hydrogen-bond donors (Lipinski definition) is 1. The third kappa shape index (κ3) is 3.10. The van der Waals surface area contributed by atoms with Crippen LogP contribution >= 0.6 is 11.6 Å². The van der Waals surface area contributed by atoms with Gasteiger partial charge < -0.3 is 14.6 Å². The minimum Gasteiger partial charge on any atom is -0.467 e. The number of halogens is 1. The molecule has 0 atom stereocenters. The molecule has 1 saturated heterocycles. The van der Waals surface area contributed by atoms with Gasteiger partial charge in [-0.3, -0.25) is 0 Å². The molecular weight excluding hydrogens is 272 g/mol. The topological polar surface area (TPSA) is 28.4 Å². The van der Waals surface area contributed by atoms with E-state index in [0.717, 1.165) is 35.2 Å². The fraction of sp³-hybridized carbons (Fsp3) is 0.375. The zero-order valence-electron chi connectivity index (χ0n) is 11.4. The minimum atomic E-state index is 0.673. The third-order valence-corrected chi connectivity index (χ3v) is 3.99. The number of piperidine rings is 1. The molecule has 20 heavy (non-hydrogen) atoms. The highest BCUT2D eigenvalue weighted by molar-refractivity contribution is 6.33. The predicted octanol–water partition coefficient (Wildman–Crippen LogP) is 4.54. The summed E-state index contributed by atoms with van der Waals surface area (Å²) in [6.45, 7) is 2.89. The second kappa shape index (κ2) is 6.23. The zero-order chi connectivity index (χ0) is 13.8. The first kappa shape index (κ1) is 13.4. The maximum absolute atomic E-state index is 6.42.